The molecule has 1 N–H and O–H groups in total. The van der Waals surface area contributed by atoms with E-state index in [4.69, 9.17) is 4.98 Å². The van der Waals surface area contributed by atoms with Crippen LogP contribution < -0.4 is 5.32 Å². The van der Waals surface area contributed by atoms with Crippen molar-refractivity contribution in [2.24, 2.45) is 0 Å². The molecule has 2 amide bonds. The zero-order valence-electron chi connectivity index (χ0n) is 19.6. The number of urea groups is 1. The standard InChI is InChI=1S/C28H25FN6O/c29-22-7-3-8-24(18-22)35-26(32-25-9-4-12-30-27(25)35)19-33-13-15-34(16-14-33)28(36)31-23-11-10-20-5-1-2-6-21(20)17-23/h1-12,17-18H,13-16,19H2,(H,31,36). The summed E-state index contributed by atoms with van der Waals surface area (Å²) in [5.74, 6) is 0.491. The Kier molecular flexibility index (Phi) is 5.79. The van der Waals surface area contributed by atoms with E-state index in [-0.39, 0.29) is 11.8 Å². The highest BCUT2D eigenvalue weighted by Gasteiger charge is 2.23. The molecule has 2 aromatic heterocycles. The van der Waals surface area contributed by atoms with Gasteiger partial charge < -0.3 is 10.2 Å². The number of hydrogen-bond donors (Lipinski definition) is 1. The van der Waals surface area contributed by atoms with Gasteiger partial charge in [-0.15, -0.1) is 0 Å². The summed E-state index contributed by atoms with van der Waals surface area (Å²) in [5.41, 5.74) is 2.95. The van der Waals surface area contributed by atoms with Gasteiger partial charge in [0.05, 0.1) is 12.2 Å². The second-order valence-corrected chi connectivity index (χ2v) is 8.94. The third-order valence-corrected chi connectivity index (χ3v) is 6.58. The Hall–Kier alpha value is -4.30. The maximum atomic E-state index is 14.0. The highest BCUT2D eigenvalue weighted by atomic mass is 19.1. The summed E-state index contributed by atoms with van der Waals surface area (Å²) in [6, 6.07) is 24.2. The van der Waals surface area contributed by atoms with Crippen LogP contribution in [0.5, 0.6) is 0 Å². The zero-order valence-corrected chi connectivity index (χ0v) is 19.6. The molecule has 5 aromatic rings. The summed E-state index contributed by atoms with van der Waals surface area (Å²) in [5, 5.41) is 5.27. The maximum absolute atomic E-state index is 14.0. The Labute approximate surface area is 207 Å². The van der Waals surface area contributed by atoms with Gasteiger partial charge in [-0.25, -0.2) is 19.2 Å². The Morgan fingerprint density at radius 3 is 2.56 bits per heavy atom. The lowest BCUT2D eigenvalue weighted by Gasteiger charge is -2.34. The first-order chi connectivity index (χ1) is 17.6. The van der Waals surface area contributed by atoms with Crippen LogP contribution in [0.2, 0.25) is 0 Å². The molecule has 0 atom stereocenters. The van der Waals surface area contributed by atoms with E-state index >= 15 is 0 Å². The quantitative estimate of drug-likeness (QED) is 0.390. The zero-order chi connectivity index (χ0) is 24.5. The van der Waals surface area contributed by atoms with E-state index in [0.29, 0.717) is 44.1 Å². The first kappa shape index (κ1) is 22.2. The number of imidazole rings is 1. The number of fused-ring (bicyclic) bond motifs is 2. The molecule has 0 unspecified atom stereocenters. The molecule has 1 fully saturated rings. The number of carbonyl (C=O) groups excluding carboxylic acids is 1. The lowest BCUT2D eigenvalue weighted by Crippen LogP contribution is -2.49. The van der Waals surface area contributed by atoms with Gasteiger partial charge in [0.25, 0.3) is 0 Å². The van der Waals surface area contributed by atoms with Crippen LogP contribution in [0.3, 0.4) is 0 Å². The van der Waals surface area contributed by atoms with Crippen LogP contribution in [0.1, 0.15) is 5.82 Å². The normalized spacial score (nSPS) is 14.4. The molecule has 0 saturated carbocycles. The van der Waals surface area contributed by atoms with Crippen molar-refractivity contribution >= 4 is 33.7 Å². The molecular formula is C28H25FN6O. The average Bonchev–Trinajstić information content (AvgIpc) is 3.27. The van der Waals surface area contributed by atoms with E-state index in [0.717, 1.165) is 27.8 Å². The van der Waals surface area contributed by atoms with Crippen molar-refractivity contribution < 1.29 is 9.18 Å². The molecule has 7 nitrogen and oxygen atoms in total. The minimum atomic E-state index is -0.303. The van der Waals surface area contributed by atoms with Gasteiger partial charge in [-0.05, 0) is 53.2 Å². The molecule has 3 heterocycles. The van der Waals surface area contributed by atoms with Crippen molar-refractivity contribution in [3.8, 4) is 5.69 Å². The first-order valence-corrected chi connectivity index (χ1v) is 12.0. The van der Waals surface area contributed by atoms with E-state index in [2.05, 4.69) is 21.3 Å². The Morgan fingerprint density at radius 2 is 1.72 bits per heavy atom. The molecule has 0 aliphatic carbocycles. The number of benzene rings is 3. The van der Waals surface area contributed by atoms with E-state index in [1.54, 1.807) is 12.3 Å². The number of halogens is 1. The fourth-order valence-corrected chi connectivity index (χ4v) is 4.73. The van der Waals surface area contributed by atoms with Crippen LogP contribution in [-0.4, -0.2) is 56.5 Å². The van der Waals surface area contributed by atoms with E-state index in [9.17, 15) is 9.18 Å². The van der Waals surface area contributed by atoms with Crippen molar-refractivity contribution in [2.75, 3.05) is 31.5 Å². The van der Waals surface area contributed by atoms with E-state index in [1.165, 1.54) is 12.1 Å². The predicted molar refractivity (Wildman–Crippen MR) is 139 cm³/mol. The number of hydrogen-bond acceptors (Lipinski definition) is 4. The number of aromatic nitrogens is 3. The summed E-state index contributed by atoms with van der Waals surface area (Å²) >= 11 is 0. The molecule has 6 rings (SSSR count). The van der Waals surface area contributed by atoms with Crippen LogP contribution in [-0.2, 0) is 6.54 Å². The van der Waals surface area contributed by atoms with Gasteiger partial charge in [-0.2, -0.15) is 0 Å². The molecule has 1 saturated heterocycles. The SMILES string of the molecule is O=C(Nc1ccc2ccccc2c1)N1CCN(Cc2nc3cccnc3n2-c2cccc(F)c2)CC1. The average molecular weight is 481 g/mol. The largest absolute Gasteiger partial charge is 0.322 e. The van der Waals surface area contributed by atoms with Gasteiger partial charge in [0.15, 0.2) is 5.65 Å². The van der Waals surface area contributed by atoms with Gasteiger partial charge in [0.1, 0.15) is 17.2 Å². The lowest BCUT2D eigenvalue weighted by molar-refractivity contribution is 0.140. The Morgan fingerprint density at radius 1 is 0.889 bits per heavy atom. The number of carbonyl (C=O) groups is 1. The van der Waals surface area contributed by atoms with E-state index in [1.807, 2.05) is 64.1 Å². The number of anilines is 1. The summed E-state index contributed by atoms with van der Waals surface area (Å²) in [6.07, 6.45) is 1.72. The predicted octanol–water partition coefficient (Wildman–Crippen LogP) is 5.06. The third kappa shape index (κ3) is 4.38. The molecule has 1 aliphatic rings. The van der Waals surface area contributed by atoms with Gasteiger partial charge >= 0.3 is 6.03 Å². The first-order valence-electron chi connectivity index (χ1n) is 12.0. The molecule has 36 heavy (non-hydrogen) atoms. The molecular weight excluding hydrogens is 455 g/mol. The van der Waals surface area contributed by atoms with Gasteiger partial charge in [-0.1, -0.05) is 36.4 Å². The highest BCUT2D eigenvalue weighted by molar-refractivity contribution is 5.93. The smallest absolute Gasteiger partial charge is 0.321 e. The Balaban J connectivity index is 1.15. The van der Waals surface area contributed by atoms with Crippen molar-refractivity contribution in [3.63, 3.8) is 0 Å². The lowest BCUT2D eigenvalue weighted by atomic mass is 10.1. The van der Waals surface area contributed by atoms with Gasteiger partial charge in [0, 0.05) is 38.1 Å². The number of rotatable bonds is 4. The summed E-state index contributed by atoms with van der Waals surface area (Å²) < 4.78 is 15.9. The summed E-state index contributed by atoms with van der Waals surface area (Å²) in [6.45, 7) is 3.22. The van der Waals surface area contributed by atoms with Crippen LogP contribution in [0.25, 0.3) is 27.6 Å². The third-order valence-electron chi connectivity index (χ3n) is 6.58. The number of pyridine rings is 1. The minimum absolute atomic E-state index is 0.0962. The summed E-state index contributed by atoms with van der Waals surface area (Å²) in [4.78, 5) is 26.3. The van der Waals surface area contributed by atoms with Crippen molar-refractivity contribution in [2.45, 2.75) is 6.54 Å². The monoisotopic (exact) mass is 480 g/mol. The van der Waals surface area contributed by atoms with Crippen LogP contribution in [0.4, 0.5) is 14.9 Å². The van der Waals surface area contributed by atoms with Crippen molar-refractivity contribution in [1.29, 1.82) is 0 Å². The van der Waals surface area contributed by atoms with Gasteiger partial charge in [-0.3, -0.25) is 9.47 Å². The molecule has 0 bridgehead atoms. The molecule has 180 valence electrons. The molecule has 3 aromatic carbocycles. The van der Waals surface area contributed by atoms with Crippen molar-refractivity contribution in [1.82, 2.24) is 24.3 Å². The molecule has 0 spiro atoms. The topological polar surface area (TPSA) is 66.3 Å². The summed E-state index contributed by atoms with van der Waals surface area (Å²) in [7, 11) is 0. The fourth-order valence-electron chi connectivity index (χ4n) is 4.73. The second-order valence-electron chi connectivity index (χ2n) is 8.94. The molecule has 0 radical (unpaired) electrons. The van der Waals surface area contributed by atoms with Gasteiger partial charge in [0.2, 0.25) is 0 Å². The van der Waals surface area contributed by atoms with E-state index < -0.39 is 0 Å². The van der Waals surface area contributed by atoms with Crippen LogP contribution >= 0.6 is 0 Å². The Bertz CT molecular complexity index is 1560. The molecule has 8 heteroatoms. The van der Waals surface area contributed by atoms with Crippen LogP contribution in [0.15, 0.2) is 85.1 Å². The number of piperazine rings is 1. The van der Waals surface area contributed by atoms with Crippen LogP contribution in [0, 0.1) is 5.82 Å². The number of nitrogens with one attached hydrogen (secondary N) is 1. The van der Waals surface area contributed by atoms with Crippen molar-refractivity contribution in [3.05, 3.63) is 96.7 Å². The highest BCUT2D eigenvalue weighted by Crippen LogP contribution is 2.23. The molecule has 1 aliphatic heterocycles. The maximum Gasteiger partial charge on any atom is 0.321 e. The number of amides is 2. The number of nitrogens with zero attached hydrogens (tertiary/aromatic N) is 5. The minimum Gasteiger partial charge on any atom is -0.322 e. The second kappa shape index (κ2) is 9.39. The fraction of sp³-hybridized carbons (Fsp3) is 0.179.